The first-order valence-electron chi connectivity index (χ1n) is 10.8. The van der Waals surface area contributed by atoms with E-state index < -0.39 is 21.8 Å². The molecule has 1 aliphatic heterocycles. The van der Waals surface area contributed by atoms with Crippen molar-refractivity contribution >= 4 is 33.2 Å². The van der Waals surface area contributed by atoms with Crippen LogP contribution in [0.2, 0.25) is 0 Å². The fourth-order valence-electron chi connectivity index (χ4n) is 4.02. The average molecular weight is 480 g/mol. The van der Waals surface area contributed by atoms with Crippen molar-refractivity contribution in [2.75, 3.05) is 29.4 Å². The smallest absolute Gasteiger partial charge is 0.264 e. The lowest BCUT2D eigenvalue weighted by Crippen LogP contribution is -2.34. The molecule has 0 fully saturated rings. The highest BCUT2D eigenvalue weighted by molar-refractivity contribution is 7.92. The van der Waals surface area contributed by atoms with Crippen molar-refractivity contribution in [1.29, 1.82) is 0 Å². The van der Waals surface area contributed by atoms with Gasteiger partial charge in [-0.25, -0.2) is 8.42 Å². The van der Waals surface area contributed by atoms with E-state index in [1.165, 1.54) is 34.5 Å². The van der Waals surface area contributed by atoms with E-state index in [9.17, 15) is 18.0 Å². The highest BCUT2D eigenvalue weighted by Crippen LogP contribution is 2.34. The standard InChI is InChI=1S/C25H25N3O5S/c1-33-23-12-11-20(34(31,32)28-16-13-18-7-5-6-10-22(18)28)17-21(23)25(30)27(15-14-24(26)29)19-8-3-2-4-9-19/h2-12,17H,13-16H2,1H3,(H2,26,29). The Morgan fingerprint density at radius 2 is 1.74 bits per heavy atom. The number of para-hydroxylation sites is 2. The molecule has 0 bridgehead atoms. The van der Waals surface area contributed by atoms with Crippen LogP contribution in [-0.2, 0) is 21.2 Å². The molecule has 0 radical (unpaired) electrons. The van der Waals surface area contributed by atoms with E-state index in [-0.39, 0.29) is 29.2 Å². The van der Waals surface area contributed by atoms with Gasteiger partial charge in [-0.3, -0.25) is 13.9 Å². The number of amides is 2. The summed E-state index contributed by atoms with van der Waals surface area (Å²) in [5.41, 5.74) is 7.54. The van der Waals surface area contributed by atoms with Crippen molar-refractivity contribution in [3.05, 3.63) is 83.9 Å². The maximum Gasteiger partial charge on any atom is 0.264 e. The summed E-state index contributed by atoms with van der Waals surface area (Å²) in [4.78, 5) is 26.4. The van der Waals surface area contributed by atoms with E-state index in [4.69, 9.17) is 10.5 Å². The molecule has 0 unspecified atom stereocenters. The summed E-state index contributed by atoms with van der Waals surface area (Å²) < 4.78 is 33.8. The number of nitrogens with zero attached hydrogens (tertiary/aromatic N) is 2. The van der Waals surface area contributed by atoms with Gasteiger partial charge in [0.1, 0.15) is 5.75 Å². The van der Waals surface area contributed by atoms with Crippen LogP contribution in [0.3, 0.4) is 0 Å². The number of primary amides is 1. The van der Waals surface area contributed by atoms with Gasteiger partial charge in [-0.15, -0.1) is 0 Å². The fraction of sp³-hybridized carbons (Fsp3) is 0.200. The Hall–Kier alpha value is -3.85. The van der Waals surface area contributed by atoms with Crippen molar-refractivity contribution in [3.63, 3.8) is 0 Å². The van der Waals surface area contributed by atoms with Crippen LogP contribution in [0.15, 0.2) is 77.7 Å². The SMILES string of the molecule is COc1ccc(S(=O)(=O)N2CCc3ccccc32)cc1C(=O)N(CCC(N)=O)c1ccccc1. The molecule has 1 heterocycles. The number of benzene rings is 3. The van der Waals surface area contributed by atoms with Gasteiger partial charge in [-0.1, -0.05) is 36.4 Å². The Kier molecular flexibility index (Phi) is 6.56. The maximum absolute atomic E-state index is 13.6. The van der Waals surface area contributed by atoms with Crippen LogP contribution in [0, 0.1) is 0 Å². The van der Waals surface area contributed by atoms with Gasteiger partial charge >= 0.3 is 0 Å². The molecule has 9 heteroatoms. The molecular weight excluding hydrogens is 454 g/mol. The van der Waals surface area contributed by atoms with Gasteiger partial charge < -0.3 is 15.4 Å². The Bertz CT molecular complexity index is 1330. The van der Waals surface area contributed by atoms with E-state index >= 15 is 0 Å². The zero-order chi connectivity index (χ0) is 24.3. The summed E-state index contributed by atoms with van der Waals surface area (Å²) in [5, 5.41) is 0. The molecule has 3 aromatic carbocycles. The van der Waals surface area contributed by atoms with Gasteiger partial charge in [0.2, 0.25) is 5.91 Å². The summed E-state index contributed by atoms with van der Waals surface area (Å²) in [6.07, 6.45) is 0.567. The number of hydrogen-bond acceptors (Lipinski definition) is 5. The topological polar surface area (TPSA) is 110 Å². The minimum atomic E-state index is -3.92. The molecule has 0 spiro atoms. The highest BCUT2D eigenvalue weighted by atomic mass is 32.2. The predicted octanol–water partition coefficient (Wildman–Crippen LogP) is 2.97. The third-order valence-electron chi connectivity index (χ3n) is 5.73. The number of rotatable bonds is 8. The van der Waals surface area contributed by atoms with Crippen LogP contribution < -0.4 is 19.7 Å². The molecule has 2 amide bonds. The summed E-state index contributed by atoms with van der Waals surface area (Å²) in [6.45, 7) is 0.365. The van der Waals surface area contributed by atoms with Crippen molar-refractivity contribution in [3.8, 4) is 5.75 Å². The van der Waals surface area contributed by atoms with Crippen molar-refractivity contribution in [2.24, 2.45) is 5.73 Å². The van der Waals surface area contributed by atoms with Crippen molar-refractivity contribution < 1.29 is 22.7 Å². The lowest BCUT2D eigenvalue weighted by atomic mass is 10.1. The lowest BCUT2D eigenvalue weighted by molar-refractivity contribution is -0.117. The number of nitrogens with two attached hydrogens (primary N) is 1. The number of fused-ring (bicyclic) bond motifs is 1. The predicted molar refractivity (Wildman–Crippen MR) is 130 cm³/mol. The third kappa shape index (κ3) is 4.47. The van der Waals surface area contributed by atoms with Gasteiger partial charge in [0, 0.05) is 25.2 Å². The molecule has 0 saturated carbocycles. The van der Waals surface area contributed by atoms with E-state index in [1.807, 2.05) is 18.2 Å². The minimum absolute atomic E-state index is 0.0173. The summed E-state index contributed by atoms with van der Waals surface area (Å²) >= 11 is 0. The quantitative estimate of drug-likeness (QED) is 0.534. The number of carbonyl (C=O) groups excluding carboxylic acids is 2. The van der Waals surface area contributed by atoms with E-state index in [1.54, 1.807) is 36.4 Å². The molecular formula is C25H25N3O5S. The van der Waals surface area contributed by atoms with Crippen LogP contribution >= 0.6 is 0 Å². The van der Waals surface area contributed by atoms with Crippen LogP contribution in [0.1, 0.15) is 22.3 Å². The normalized spacial score (nSPS) is 12.8. The number of carbonyl (C=O) groups is 2. The molecule has 0 aliphatic carbocycles. The third-order valence-corrected chi connectivity index (χ3v) is 7.54. The first-order chi connectivity index (χ1) is 16.3. The minimum Gasteiger partial charge on any atom is -0.496 e. The number of sulfonamides is 1. The molecule has 1 aliphatic rings. The molecule has 0 aromatic heterocycles. The number of ether oxygens (including phenoxy) is 1. The molecule has 4 rings (SSSR count). The first kappa shape index (κ1) is 23.3. The van der Waals surface area contributed by atoms with Crippen molar-refractivity contribution in [1.82, 2.24) is 0 Å². The monoisotopic (exact) mass is 479 g/mol. The largest absolute Gasteiger partial charge is 0.496 e. The van der Waals surface area contributed by atoms with Crippen LogP contribution in [0.25, 0.3) is 0 Å². The van der Waals surface area contributed by atoms with Gasteiger partial charge in [-0.2, -0.15) is 0 Å². The number of anilines is 2. The van der Waals surface area contributed by atoms with Crippen LogP contribution in [0.4, 0.5) is 11.4 Å². The molecule has 0 saturated heterocycles. The molecule has 3 aromatic rings. The zero-order valence-corrected chi connectivity index (χ0v) is 19.5. The first-order valence-corrected chi connectivity index (χ1v) is 12.2. The second kappa shape index (κ2) is 9.56. The summed E-state index contributed by atoms with van der Waals surface area (Å²) in [6, 6.07) is 20.4. The molecule has 2 N–H and O–H groups in total. The van der Waals surface area contributed by atoms with Crippen LogP contribution in [0.5, 0.6) is 5.75 Å². The molecule has 176 valence electrons. The molecule has 34 heavy (non-hydrogen) atoms. The van der Waals surface area contributed by atoms with Crippen molar-refractivity contribution in [2.45, 2.75) is 17.7 Å². The number of methoxy groups -OCH3 is 1. The second-order valence-corrected chi connectivity index (χ2v) is 9.69. The Morgan fingerprint density at radius 3 is 2.44 bits per heavy atom. The zero-order valence-electron chi connectivity index (χ0n) is 18.7. The lowest BCUT2D eigenvalue weighted by Gasteiger charge is -2.24. The van der Waals surface area contributed by atoms with Gasteiger partial charge in [-0.05, 0) is 48.4 Å². The average Bonchev–Trinajstić information content (AvgIpc) is 3.29. The Balaban J connectivity index is 1.75. The Labute approximate surface area is 198 Å². The van der Waals surface area contributed by atoms with E-state index in [0.29, 0.717) is 24.3 Å². The summed E-state index contributed by atoms with van der Waals surface area (Å²) in [5.74, 6) is -0.821. The van der Waals surface area contributed by atoms with Crippen LogP contribution in [-0.4, -0.2) is 40.4 Å². The summed E-state index contributed by atoms with van der Waals surface area (Å²) in [7, 11) is -2.51. The second-order valence-electron chi connectivity index (χ2n) is 7.83. The van der Waals surface area contributed by atoms with Gasteiger partial charge in [0.15, 0.2) is 0 Å². The van der Waals surface area contributed by atoms with Gasteiger partial charge in [0.25, 0.3) is 15.9 Å². The van der Waals surface area contributed by atoms with E-state index in [0.717, 1.165) is 5.56 Å². The highest BCUT2D eigenvalue weighted by Gasteiger charge is 2.32. The van der Waals surface area contributed by atoms with E-state index in [2.05, 4.69) is 0 Å². The fourth-order valence-corrected chi connectivity index (χ4v) is 5.55. The Morgan fingerprint density at radius 1 is 1.03 bits per heavy atom. The molecule has 8 nitrogen and oxygen atoms in total. The van der Waals surface area contributed by atoms with Gasteiger partial charge in [0.05, 0.1) is 23.3 Å². The number of hydrogen-bond donors (Lipinski definition) is 1. The molecule has 0 atom stereocenters. The maximum atomic E-state index is 13.6.